The summed E-state index contributed by atoms with van der Waals surface area (Å²) in [4.78, 5) is 25.0. The molecule has 0 fully saturated rings. The smallest absolute Gasteiger partial charge is 0.255 e. The number of amides is 2. The molecule has 2 amide bonds. The topological polar surface area (TPSA) is 71.3 Å². The molecule has 5 nitrogen and oxygen atoms in total. The van der Waals surface area contributed by atoms with E-state index in [9.17, 15) is 9.59 Å². The lowest BCUT2D eigenvalue weighted by Crippen LogP contribution is -2.24. The predicted octanol–water partition coefficient (Wildman–Crippen LogP) is 4.53. The number of anilines is 1. The van der Waals surface area contributed by atoms with Gasteiger partial charge in [-0.15, -0.1) is 0 Å². The number of aryl methyl sites for hydroxylation is 1. The van der Waals surface area contributed by atoms with Gasteiger partial charge in [0.05, 0.1) is 24.1 Å². The van der Waals surface area contributed by atoms with E-state index in [1.807, 2.05) is 13.0 Å². The van der Waals surface area contributed by atoms with E-state index in [2.05, 4.69) is 26.6 Å². The first-order valence-electron chi connectivity index (χ1n) is 8.01. The van der Waals surface area contributed by atoms with Crippen molar-refractivity contribution in [3.63, 3.8) is 0 Å². The van der Waals surface area contributed by atoms with Gasteiger partial charge in [-0.1, -0.05) is 34.1 Å². The summed E-state index contributed by atoms with van der Waals surface area (Å²) in [6.07, 6.45) is 1.55. The van der Waals surface area contributed by atoms with Crippen LogP contribution in [0.15, 0.2) is 69.8 Å². The van der Waals surface area contributed by atoms with Gasteiger partial charge >= 0.3 is 0 Å². The Balaban J connectivity index is 1.74. The average molecular weight is 413 g/mol. The summed E-state index contributed by atoms with van der Waals surface area (Å²) in [5.74, 6) is 0.0868. The fourth-order valence-corrected chi connectivity index (χ4v) is 2.77. The lowest BCUT2D eigenvalue weighted by Gasteiger charge is -2.11. The van der Waals surface area contributed by atoms with Crippen LogP contribution in [0.2, 0.25) is 0 Å². The summed E-state index contributed by atoms with van der Waals surface area (Å²) in [6.45, 7) is 2.23. The van der Waals surface area contributed by atoms with Crippen molar-refractivity contribution in [2.45, 2.75) is 13.5 Å². The van der Waals surface area contributed by atoms with Crippen molar-refractivity contribution in [1.29, 1.82) is 0 Å². The van der Waals surface area contributed by atoms with Crippen LogP contribution < -0.4 is 10.6 Å². The molecule has 1 heterocycles. The molecule has 0 saturated heterocycles. The van der Waals surface area contributed by atoms with E-state index >= 15 is 0 Å². The van der Waals surface area contributed by atoms with Gasteiger partial charge in [0.2, 0.25) is 0 Å². The number of hydrogen-bond acceptors (Lipinski definition) is 3. The Hall–Kier alpha value is -2.86. The SMILES string of the molecule is Cc1ccc(C(=O)Nc2ccccc2C(=O)NCc2ccco2)cc1Br. The van der Waals surface area contributed by atoms with Gasteiger partial charge in [0, 0.05) is 10.0 Å². The Kier molecular flexibility index (Phi) is 5.53. The summed E-state index contributed by atoms with van der Waals surface area (Å²) in [5.41, 5.74) is 2.39. The standard InChI is InChI=1S/C20H17BrN2O3/c1-13-8-9-14(11-17(13)21)19(24)23-18-7-3-2-6-16(18)20(25)22-12-15-5-4-10-26-15/h2-11H,12H2,1H3,(H,22,25)(H,23,24). The van der Waals surface area contributed by atoms with Crippen molar-refractivity contribution in [3.05, 3.63) is 87.8 Å². The molecule has 0 aliphatic rings. The number of rotatable bonds is 5. The summed E-state index contributed by atoms with van der Waals surface area (Å²) in [5, 5.41) is 5.58. The van der Waals surface area contributed by atoms with Crippen molar-refractivity contribution in [2.75, 3.05) is 5.32 Å². The quantitative estimate of drug-likeness (QED) is 0.646. The molecular weight excluding hydrogens is 396 g/mol. The molecule has 0 bridgehead atoms. The molecule has 3 rings (SSSR count). The molecule has 6 heteroatoms. The lowest BCUT2D eigenvalue weighted by molar-refractivity contribution is 0.0949. The molecule has 0 saturated carbocycles. The van der Waals surface area contributed by atoms with Crippen LogP contribution in [0.3, 0.4) is 0 Å². The Labute approximate surface area is 159 Å². The van der Waals surface area contributed by atoms with E-state index in [1.165, 1.54) is 0 Å². The first-order chi connectivity index (χ1) is 12.5. The summed E-state index contributed by atoms with van der Waals surface area (Å²) < 4.78 is 6.06. The highest BCUT2D eigenvalue weighted by Gasteiger charge is 2.14. The minimum absolute atomic E-state index is 0.277. The summed E-state index contributed by atoms with van der Waals surface area (Å²) in [6, 6.07) is 15.8. The minimum Gasteiger partial charge on any atom is -0.467 e. The number of hydrogen-bond donors (Lipinski definition) is 2. The Morgan fingerprint density at radius 3 is 2.58 bits per heavy atom. The normalized spacial score (nSPS) is 10.4. The van der Waals surface area contributed by atoms with Gasteiger partial charge in [0.1, 0.15) is 5.76 Å². The Morgan fingerprint density at radius 1 is 1.04 bits per heavy atom. The number of benzene rings is 2. The maximum absolute atomic E-state index is 12.5. The highest BCUT2D eigenvalue weighted by Crippen LogP contribution is 2.20. The maximum atomic E-state index is 12.5. The van der Waals surface area contributed by atoms with Crippen LogP contribution in [0.4, 0.5) is 5.69 Å². The Bertz CT molecular complexity index is 936. The van der Waals surface area contributed by atoms with Crippen molar-refractivity contribution in [1.82, 2.24) is 5.32 Å². The summed E-state index contributed by atoms with van der Waals surface area (Å²) in [7, 11) is 0. The zero-order chi connectivity index (χ0) is 18.5. The van der Waals surface area contributed by atoms with Crippen LogP contribution >= 0.6 is 15.9 Å². The van der Waals surface area contributed by atoms with E-state index in [-0.39, 0.29) is 18.4 Å². The minimum atomic E-state index is -0.289. The van der Waals surface area contributed by atoms with E-state index < -0.39 is 0 Å². The average Bonchev–Trinajstić information content (AvgIpc) is 3.16. The molecule has 0 radical (unpaired) electrons. The number of carbonyl (C=O) groups excluding carboxylic acids is 2. The van der Waals surface area contributed by atoms with Crippen LogP contribution in [-0.2, 0) is 6.54 Å². The van der Waals surface area contributed by atoms with Crippen molar-refractivity contribution < 1.29 is 14.0 Å². The molecule has 0 spiro atoms. The fraction of sp³-hybridized carbons (Fsp3) is 0.100. The van der Waals surface area contributed by atoms with Gasteiger partial charge in [-0.05, 0) is 48.9 Å². The predicted molar refractivity (Wildman–Crippen MR) is 103 cm³/mol. The van der Waals surface area contributed by atoms with Gasteiger partial charge in [-0.2, -0.15) is 0 Å². The molecule has 132 valence electrons. The highest BCUT2D eigenvalue weighted by atomic mass is 79.9. The highest BCUT2D eigenvalue weighted by molar-refractivity contribution is 9.10. The molecule has 3 aromatic rings. The zero-order valence-corrected chi connectivity index (χ0v) is 15.7. The van der Waals surface area contributed by atoms with Crippen LogP contribution in [0.1, 0.15) is 32.0 Å². The zero-order valence-electron chi connectivity index (χ0n) is 14.1. The second-order valence-corrected chi connectivity index (χ2v) is 6.58. The number of halogens is 1. The first kappa shape index (κ1) is 17.9. The number of nitrogens with one attached hydrogen (secondary N) is 2. The molecule has 0 atom stereocenters. The third kappa shape index (κ3) is 4.21. The van der Waals surface area contributed by atoms with Gasteiger partial charge in [0.25, 0.3) is 11.8 Å². The van der Waals surface area contributed by atoms with Crippen LogP contribution in [0.25, 0.3) is 0 Å². The van der Waals surface area contributed by atoms with Gasteiger partial charge in [0.15, 0.2) is 0 Å². The van der Waals surface area contributed by atoms with E-state index in [0.29, 0.717) is 22.6 Å². The van der Waals surface area contributed by atoms with E-state index in [0.717, 1.165) is 10.0 Å². The molecule has 2 aromatic carbocycles. The van der Waals surface area contributed by atoms with Gasteiger partial charge in [-0.3, -0.25) is 9.59 Å². The number of carbonyl (C=O) groups is 2. The molecule has 26 heavy (non-hydrogen) atoms. The molecule has 0 aliphatic heterocycles. The second-order valence-electron chi connectivity index (χ2n) is 5.73. The largest absolute Gasteiger partial charge is 0.467 e. The molecule has 0 aliphatic carbocycles. The molecular formula is C20H17BrN2O3. The molecule has 2 N–H and O–H groups in total. The van der Waals surface area contributed by atoms with Crippen LogP contribution in [0.5, 0.6) is 0 Å². The van der Waals surface area contributed by atoms with E-state index in [1.54, 1.807) is 54.8 Å². The van der Waals surface area contributed by atoms with Gasteiger partial charge < -0.3 is 15.1 Å². The lowest BCUT2D eigenvalue weighted by atomic mass is 10.1. The van der Waals surface area contributed by atoms with Gasteiger partial charge in [-0.25, -0.2) is 0 Å². The number of furan rings is 1. The fourth-order valence-electron chi connectivity index (χ4n) is 2.39. The molecule has 0 unspecified atom stereocenters. The van der Waals surface area contributed by atoms with Crippen molar-refractivity contribution >= 4 is 33.4 Å². The van der Waals surface area contributed by atoms with Crippen molar-refractivity contribution in [2.24, 2.45) is 0 Å². The monoisotopic (exact) mass is 412 g/mol. The third-order valence-corrected chi connectivity index (χ3v) is 4.71. The van der Waals surface area contributed by atoms with Crippen LogP contribution in [0, 0.1) is 6.92 Å². The second kappa shape index (κ2) is 8.01. The summed E-state index contributed by atoms with van der Waals surface area (Å²) >= 11 is 3.42. The Morgan fingerprint density at radius 2 is 1.85 bits per heavy atom. The number of para-hydroxylation sites is 1. The maximum Gasteiger partial charge on any atom is 0.255 e. The molecule has 1 aromatic heterocycles. The van der Waals surface area contributed by atoms with E-state index in [4.69, 9.17) is 4.42 Å². The van der Waals surface area contributed by atoms with Crippen molar-refractivity contribution in [3.8, 4) is 0 Å². The van der Waals surface area contributed by atoms with Crippen LogP contribution in [-0.4, -0.2) is 11.8 Å². The third-order valence-electron chi connectivity index (χ3n) is 3.86. The first-order valence-corrected chi connectivity index (χ1v) is 8.81.